The second kappa shape index (κ2) is 6.97. The Bertz CT molecular complexity index is 1080. The lowest BCUT2D eigenvalue weighted by atomic mass is 10.1. The summed E-state index contributed by atoms with van der Waals surface area (Å²) in [6.45, 7) is 0.968. The first-order valence-corrected chi connectivity index (χ1v) is 8.60. The first kappa shape index (κ1) is 17.4. The van der Waals surface area contributed by atoms with E-state index in [9.17, 15) is 14.7 Å². The molecule has 0 bridgehead atoms. The lowest BCUT2D eigenvalue weighted by molar-refractivity contribution is 0.121. The maximum absolute atomic E-state index is 12.2. The Hall–Kier alpha value is -2.98. The number of hydrogen-bond acceptors (Lipinski definition) is 8. The van der Waals surface area contributed by atoms with E-state index < -0.39 is 17.4 Å². The number of ether oxygens (including phenoxy) is 2. The van der Waals surface area contributed by atoms with Gasteiger partial charge in [0.05, 0.1) is 17.1 Å². The zero-order chi connectivity index (χ0) is 19.0. The van der Waals surface area contributed by atoms with E-state index >= 15 is 0 Å². The summed E-state index contributed by atoms with van der Waals surface area (Å²) in [6, 6.07) is 3.40. The highest BCUT2D eigenvalue weighted by atomic mass is 16.6. The second-order valence-corrected chi connectivity index (χ2v) is 6.25. The predicted molar refractivity (Wildman–Crippen MR) is 94.4 cm³/mol. The quantitative estimate of drug-likeness (QED) is 0.507. The Morgan fingerprint density at radius 3 is 2.63 bits per heavy atom. The van der Waals surface area contributed by atoms with Crippen LogP contribution in [0.3, 0.4) is 0 Å². The van der Waals surface area contributed by atoms with Gasteiger partial charge in [0.15, 0.2) is 23.0 Å². The van der Waals surface area contributed by atoms with Crippen LogP contribution in [-0.4, -0.2) is 55.7 Å². The number of aromatic amines is 1. The molecular formula is C17H18N4O6. The SMILES string of the molecule is O=c1nc2n(CC[C@H](O)CCO)c3cc4c(cc3nc-2c(=O)[nH]1)OCCO4. The number of benzene rings is 1. The van der Waals surface area contributed by atoms with Crippen LogP contribution in [0, 0.1) is 0 Å². The largest absolute Gasteiger partial charge is 0.486 e. The van der Waals surface area contributed by atoms with Gasteiger partial charge in [0.25, 0.3) is 5.56 Å². The van der Waals surface area contributed by atoms with Crippen molar-refractivity contribution in [3.63, 3.8) is 0 Å². The molecule has 0 aromatic heterocycles. The number of aromatic nitrogens is 4. The lowest BCUT2D eigenvalue weighted by Gasteiger charge is -2.22. The van der Waals surface area contributed by atoms with Crippen molar-refractivity contribution in [1.82, 2.24) is 19.5 Å². The van der Waals surface area contributed by atoms with Crippen molar-refractivity contribution in [2.45, 2.75) is 25.5 Å². The van der Waals surface area contributed by atoms with Crippen molar-refractivity contribution < 1.29 is 19.7 Å². The highest BCUT2D eigenvalue weighted by molar-refractivity contribution is 5.83. The van der Waals surface area contributed by atoms with Crippen LogP contribution >= 0.6 is 0 Å². The number of nitrogens with one attached hydrogen (secondary N) is 1. The lowest BCUT2D eigenvalue weighted by Crippen LogP contribution is -2.29. The molecule has 0 unspecified atom stereocenters. The van der Waals surface area contributed by atoms with Gasteiger partial charge in [-0.25, -0.2) is 9.78 Å². The van der Waals surface area contributed by atoms with Crippen LogP contribution in [0.15, 0.2) is 21.7 Å². The molecule has 3 aliphatic rings. The Balaban J connectivity index is 1.93. The van der Waals surface area contributed by atoms with Gasteiger partial charge in [0.2, 0.25) is 0 Å². The van der Waals surface area contributed by atoms with Gasteiger partial charge >= 0.3 is 5.69 Å². The minimum Gasteiger partial charge on any atom is -0.486 e. The van der Waals surface area contributed by atoms with E-state index in [1.54, 1.807) is 16.7 Å². The molecule has 0 saturated heterocycles. The van der Waals surface area contributed by atoms with Crippen molar-refractivity contribution in [3.8, 4) is 23.0 Å². The number of fused-ring (bicyclic) bond motifs is 3. The summed E-state index contributed by atoms with van der Waals surface area (Å²) in [5.41, 5.74) is -0.299. The Morgan fingerprint density at radius 1 is 1.15 bits per heavy atom. The zero-order valence-corrected chi connectivity index (χ0v) is 14.3. The molecule has 1 aromatic carbocycles. The number of rotatable bonds is 5. The summed E-state index contributed by atoms with van der Waals surface area (Å²) in [6.07, 6.45) is -0.197. The van der Waals surface area contributed by atoms with Crippen LogP contribution < -0.4 is 20.7 Å². The molecule has 142 valence electrons. The fourth-order valence-electron chi connectivity index (χ4n) is 3.13. The molecule has 3 aliphatic heterocycles. The Kier molecular flexibility index (Phi) is 4.50. The molecule has 0 fully saturated rings. The summed E-state index contributed by atoms with van der Waals surface area (Å²) in [4.78, 5) is 34.3. The molecule has 0 saturated carbocycles. The van der Waals surface area contributed by atoms with E-state index in [4.69, 9.17) is 14.6 Å². The minimum atomic E-state index is -0.768. The van der Waals surface area contributed by atoms with Gasteiger partial charge in [-0.15, -0.1) is 0 Å². The van der Waals surface area contributed by atoms with E-state index in [1.165, 1.54) is 0 Å². The highest BCUT2D eigenvalue weighted by Gasteiger charge is 2.22. The predicted octanol–water partition coefficient (Wildman–Crippen LogP) is -0.511. The second-order valence-electron chi connectivity index (χ2n) is 6.25. The molecule has 10 nitrogen and oxygen atoms in total. The zero-order valence-electron chi connectivity index (χ0n) is 14.3. The number of aryl methyl sites for hydroxylation is 1. The molecule has 1 aromatic rings. The van der Waals surface area contributed by atoms with Crippen LogP contribution in [0.2, 0.25) is 0 Å². The van der Waals surface area contributed by atoms with Gasteiger partial charge in [0, 0.05) is 25.3 Å². The summed E-state index contributed by atoms with van der Waals surface area (Å²) in [5, 5.41) is 18.9. The number of H-pyrrole nitrogens is 1. The van der Waals surface area contributed by atoms with Crippen LogP contribution in [0.25, 0.3) is 22.6 Å². The highest BCUT2D eigenvalue weighted by Crippen LogP contribution is 2.35. The molecule has 4 rings (SSSR count). The number of aliphatic hydroxyl groups excluding tert-OH is 2. The minimum absolute atomic E-state index is 0.0235. The first-order chi connectivity index (χ1) is 13.1. The number of aliphatic hydroxyl groups is 2. The van der Waals surface area contributed by atoms with E-state index in [-0.39, 0.29) is 31.1 Å². The third-order valence-corrected chi connectivity index (χ3v) is 4.42. The van der Waals surface area contributed by atoms with Crippen LogP contribution in [0.5, 0.6) is 11.5 Å². The van der Waals surface area contributed by atoms with Gasteiger partial charge in [-0.1, -0.05) is 0 Å². The van der Waals surface area contributed by atoms with Crippen LogP contribution in [0.4, 0.5) is 0 Å². The number of nitrogens with zero attached hydrogens (tertiary/aromatic N) is 3. The van der Waals surface area contributed by atoms with E-state index in [1.807, 2.05) is 0 Å². The van der Waals surface area contributed by atoms with Crippen molar-refractivity contribution in [2.24, 2.45) is 0 Å². The monoisotopic (exact) mass is 374 g/mol. The van der Waals surface area contributed by atoms with Crippen molar-refractivity contribution in [1.29, 1.82) is 0 Å². The van der Waals surface area contributed by atoms with Crippen LogP contribution in [0.1, 0.15) is 12.8 Å². The normalized spacial score (nSPS) is 14.6. The topological polar surface area (TPSA) is 140 Å². The molecule has 27 heavy (non-hydrogen) atoms. The first-order valence-electron chi connectivity index (χ1n) is 8.60. The third kappa shape index (κ3) is 3.24. The van der Waals surface area contributed by atoms with Gasteiger partial charge in [0.1, 0.15) is 13.2 Å². The fourth-order valence-corrected chi connectivity index (χ4v) is 3.13. The summed E-state index contributed by atoms with van der Waals surface area (Å²) in [7, 11) is 0. The number of hydrogen-bond donors (Lipinski definition) is 3. The standard InChI is InChI=1S/C17H18N4O6/c22-4-2-9(23)1-3-21-11-8-13-12(26-5-6-27-13)7-10(11)18-14-15(21)19-17(25)20-16(14)24/h7-9,22-23H,1-6H2,(H,20,24,25)/t9-/m0/s1. The molecule has 3 N–H and O–H groups in total. The van der Waals surface area contributed by atoms with Gasteiger partial charge in [-0.3, -0.25) is 9.78 Å². The fraction of sp³-hybridized carbons (Fsp3) is 0.412. The van der Waals surface area contributed by atoms with E-state index in [0.717, 1.165) is 0 Å². The molecule has 0 amide bonds. The van der Waals surface area contributed by atoms with Gasteiger partial charge in [-0.2, -0.15) is 4.98 Å². The molecule has 10 heteroatoms. The van der Waals surface area contributed by atoms with E-state index in [0.29, 0.717) is 42.2 Å². The summed E-state index contributed by atoms with van der Waals surface area (Å²) >= 11 is 0. The van der Waals surface area contributed by atoms with E-state index in [2.05, 4.69) is 15.0 Å². The Morgan fingerprint density at radius 2 is 1.89 bits per heavy atom. The summed E-state index contributed by atoms with van der Waals surface area (Å²) in [5.74, 6) is 1.19. The van der Waals surface area contributed by atoms with Crippen molar-refractivity contribution in [2.75, 3.05) is 19.8 Å². The summed E-state index contributed by atoms with van der Waals surface area (Å²) < 4.78 is 12.8. The average Bonchev–Trinajstić information content (AvgIpc) is 2.64. The van der Waals surface area contributed by atoms with Gasteiger partial charge < -0.3 is 24.3 Å². The maximum Gasteiger partial charge on any atom is 0.349 e. The van der Waals surface area contributed by atoms with Crippen molar-refractivity contribution in [3.05, 3.63) is 33.0 Å². The molecule has 0 aliphatic carbocycles. The average molecular weight is 374 g/mol. The molecule has 3 heterocycles. The van der Waals surface area contributed by atoms with Gasteiger partial charge in [-0.05, 0) is 12.8 Å². The van der Waals surface area contributed by atoms with Crippen LogP contribution in [-0.2, 0) is 6.54 Å². The molecule has 0 spiro atoms. The molecule has 1 atom stereocenters. The smallest absolute Gasteiger partial charge is 0.349 e. The van der Waals surface area contributed by atoms with Crippen molar-refractivity contribution >= 4 is 11.0 Å². The molecule has 0 radical (unpaired) electrons. The molecular weight excluding hydrogens is 356 g/mol. The third-order valence-electron chi connectivity index (χ3n) is 4.42. The maximum atomic E-state index is 12.2. The Labute approximate surface area is 152 Å².